The van der Waals surface area contributed by atoms with Crippen LogP contribution in [0.1, 0.15) is 5.56 Å². The van der Waals surface area contributed by atoms with Crippen LogP contribution < -0.4 is 11.1 Å². The summed E-state index contributed by atoms with van der Waals surface area (Å²) >= 11 is 0. The van der Waals surface area contributed by atoms with Gasteiger partial charge in [-0.2, -0.15) is 0 Å². The lowest BCUT2D eigenvalue weighted by molar-refractivity contribution is -0.113. The molecule has 0 radical (unpaired) electrons. The van der Waals surface area contributed by atoms with Crippen LogP contribution in [0.5, 0.6) is 0 Å². The Morgan fingerprint density at radius 1 is 1.42 bits per heavy atom. The number of carbonyl (C=O) groups is 1. The molecule has 0 fully saturated rings. The summed E-state index contributed by atoms with van der Waals surface area (Å²) in [5, 5.41) is 2.53. The number of nitrogens with two attached hydrogens (primary N) is 1. The van der Waals surface area contributed by atoms with Crippen molar-refractivity contribution < 1.29 is 17.9 Å². The Kier molecular flexibility index (Phi) is 5.31. The Balaban J connectivity index is 2.71. The lowest BCUT2D eigenvalue weighted by Crippen LogP contribution is -2.26. The van der Waals surface area contributed by atoms with Crippen LogP contribution in [0, 0.1) is 6.92 Å². The van der Waals surface area contributed by atoms with Gasteiger partial charge in [0.2, 0.25) is 5.91 Å². The number of sulfone groups is 1. The number of benzene rings is 1. The molecule has 0 heterocycles. The SMILES string of the molecule is COCCS(=O)(=O)CC(=O)Nc1c(C)cccc1N. The third-order valence-corrected chi connectivity index (χ3v) is 4.01. The number of para-hydroxylation sites is 1. The third-order valence-electron chi connectivity index (χ3n) is 2.52. The highest BCUT2D eigenvalue weighted by atomic mass is 32.2. The van der Waals surface area contributed by atoms with Gasteiger partial charge in [0.05, 0.1) is 23.7 Å². The maximum atomic E-state index is 11.7. The van der Waals surface area contributed by atoms with E-state index in [2.05, 4.69) is 10.1 Å². The molecule has 1 amide bonds. The quantitative estimate of drug-likeness (QED) is 0.745. The monoisotopic (exact) mass is 286 g/mol. The van der Waals surface area contributed by atoms with Crippen molar-refractivity contribution in [3.05, 3.63) is 23.8 Å². The van der Waals surface area contributed by atoms with Gasteiger partial charge in [-0.15, -0.1) is 0 Å². The topological polar surface area (TPSA) is 98.5 Å². The van der Waals surface area contributed by atoms with E-state index in [1.807, 2.05) is 0 Å². The summed E-state index contributed by atoms with van der Waals surface area (Å²) < 4.78 is 27.9. The molecule has 0 aliphatic heterocycles. The van der Waals surface area contributed by atoms with Crippen molar-refractivity contribution in [3.63, 3.8) is 0 Å². The zero-order chi connectivity index (χ0) is 14.5. The number of hydrogen-bond donors (Lipinski definition) is 2. The molecule has 7 heteroatoms. The first-order valence-electron chi connectivity index (χ1n) is 5.70. The first-order valence-corrected chi connectivity index (χ1v) is 7.52. The maximum absolute atomic E-state index is 11.7. The Hall–Kier alpha value is -1.60. The molecule has 19 heavy (non-hydrogen) atoms. The van der Waals surface area contributed by atoms with Crippen LogP contribution >= 0.6 is 0 Å². The highest BCUT2D eigenvalue weighted by molar-refractivity contribution is 7.92. The molecular weight excluding hydrogens is 268 g/mol. The number of hydrogen-bond acceptors (Lipinski definition) is 5. The van der Waals surface area contributed by atoms with Gasteiger partial charge in [0.15, 0.2) is 9.84 Å². The second-order valence-corrected chi connectivity index (χ2v) is 6.36. The molecule has 3 N–H and O–H groups in total. The van der Waals surface area contributed by atoms with Gasteiger partial charge in [-0.3, -0.25) is 4.79 Å². The predicted molar refractivity (Wildman–Crippen MR) is 74.8 cm³/mol. The fourth-order valence-corrected chi connectivity index (χ4v) is 2.56. The summed E-state index contributed by atoms with van der Waals surface area (Å²) in [5.41, 5.74) is 7.37. The van der Waals surface area contributed by atoms with Crippen LogP contribution in [0.3, 0.4) is 0 Å². The van der Waals surface area contributed by atoms with Gasteiger partial charge in [-0.05, 0) is 18.6 Å². The van der Waals surface area contributed by atoms with Crippen molar-refractivity contribution in [1.82, 2.24) is 0 Å². The van der Waals surface area contributed by atoms with Crippen LogP contribution in [0.2, 0.25) is 0 Å². The number of anilines is 2. The van der Waals surface area contributed by atoms with E-state index in [1.165, 1.54) is 7.11 Å². The molecule has 1 rings (SSSR count). The molecule has 0 aliphatic rings. The second-order valence-electron chi connectivity index (χ2n) is 4.17. The molecule has 0 spiro atoms. The summed E-state index contributed by atoms with van der Waals surface area (Å²) in [5.74, 6) is -1.36. The third kappa shape index (κ3) is 4.88. The van der Waals surface area contributed by atoms with E-state index in [4.69, 9.17) is 5.73 Å². The van der Waals surface area contributed by atoms with Crippen LogP contribution in [-0.4, -0.2) is 39.5 Å². The molecule has 0 saturated carbocycles. The summed E-state index contributed by atoms with van der Waals surface area (Å²) in [6, 6.07) is 5.18. The fourth-order valence-electron chi connectivity index (χ4n) is 1.52. The number of methoxy groups -OCH3 is 1. The average molecular weight is 286 g/mol. The first-order chi connectivity index (χ1) is 8.85. The van der Waals surface area contributed by atoms with Crippen molar-refractivity contribution >= 4 is 27.1 Å². The lowest BCUT2D eigenvalue weighted by atomic mass is 10.1. The molecule has 0 saturated heterocycles. The van der Waals surface area contributed by atoms with Crippen molar-refractivity contribution in [2.45, 2.75) is 6.92 Å². The number of rotatable bonds is 6. The van der Waals surface area contributed by atoms with Gasteiger partial charge in [0, 0.05) is 7.11 Å². The standard InChI is InChI=1S/C12H18N2O4S/c1-9-4-3-5-10(13)12(9)14-11(15)8-19(16,17)7-6-18-2/h3-5H,6-8,13H2,1-2H3,(H,14,15). The average Bonchev–Trinajstić information content (AvgIpc) is 2.31. The van der Waals surface area contributed by atoms with Crippen LogP contribution in [0.15, 0.2) is 18.2 Å². The number of ether oxygens (including phenoxy) is 1. The van der Waals surface area contributed by atoms with E-state index >= 15 is 0 Å². The van der Waals surface area contributed by atoms with E-state index in [1.54, 1.807) is 25.1 Å². The molecule has 0 aliphatic carbocycles. The van der Waals surface area contributed by atoms with E-state index in [0.29, 0.717) is 11.4 Å². The van der Waals surface area contributed by atoms with Gasteiger partial charge in [-0.1, -0.05) is 12.1 Å². The van der Waals surface area contributed by atoms with E-state index in [-0.39, 0.29) is 12.4 Å². The number of nitrogen functional groups attached to an aromatic ring is 1. The minimum Gasteiger partial charge on any atom is -0.397 e. The van der Waals surface area contributed by atoms with Crippen molar-refractivity contribution in [2.75, 3.05) is 36.3 Å². The minimum atomic E-state index is -3.47. The smallest absolute Gasteiger partial charge is 0.239 e. The van der Waals surface area contributed by atoms with Gasteiger partial charge in [0.1, 0.15) is 5.75 Å². The van der Waals surface area contributed by atoms with Crippen molar-refractivity contribution in [2.24, 2.45) is 0 Å². The number of aryl methyl sites for hydroxylation is 1. The molecule has 0 atom stereocenters. The molecular formula is C12H18N2O4S. The zero-order valence-corrected chi connectivity index (χ0v) is 11.8. The van der Waals surface area contributed by atoms with E-state index in [9.17, 15) is 13.2 Å². The lowest BCUT2D eigenvalue weighted by Gasteiger charge is -2.11. The van der Waals surface area contributed by atoms with Gasteiger partial charge in [0.25, 0.3) is 0 Å². The van der Waals surface area contributed by atoms with Crippen LogP contribution in [0.4, 0.5) is 11.4 Å². The predicted octanol–water partition coefficient (Wildman–Crippen LogP) is 0.577. The van der Waals surface area contributed by atoms with Gasteiger partial charge < -0.3 is 15.8 Å². The highest BCUT2D eigenvalue weighted by Gasteiger charge is 2.17. The Morgan fingerprint density at radius 3 is 2.68 bits per heavy atom. The summed E-state index contributed by atoms with van der Waals surface area (Å²) in [4.78, 5) is 11.7. The molecule has 1 aromatic rings. The Bertz CT molecular complexity index is 535. The van der Waals surface area contributed by atoms with Gasteiger partial charge >= 0.3 is 0 Å². The molecule has 0 aromatic heterocycles. The van der Waals surface area contributed by atoms with E-state index in [0.717, 1.165) is 5.56 Å². The summed E-state index contributed by atoms with van der Waals surface area (Å²) in [6.45, 7) is 1.85. The molecule has 0 bridgehead atoms. The summed E-state index contributed by atoms with van der Waals surface area (Å²) in [7, 11) is -2.06. The number of nitrogens with one attached hydrogen (secondary N) is 1. The Morgan fingerprint density at radius 2 is 2.11 bits per heavy atom. The largest absolute Gasteiger partial charge is 0.397 e. The van der Waals surface area contributed by atoms with Crippen LogP contribution in [0.25, 0.3) is 0 Å². The molecule has 106 valence electrons. The zero-order valence-electron chi connectivity index (χ0n) is 11.0. The minimum absolute atomic E-state index is 0.0715. The number of amides is 1. The maximum Gasteiger partial charge on any atom is 0.239 e. The first kappa shape index (κ1) is 15.5. The highest BCUT2D eigenvalue weighted by Crippen LogP contribution is 2.22. The van der Waals surface area contributed by atoms with Crippen LogP contribution in [-0.2, 0) is 19.4 Å². The summed E-state index contributed by atoms with van der Waals surface area (Å²) in [6.07, 6.45) is 0. The van der Waals surface area contributed by atoms with E-state index < -0.39 is 21.5 Å². The molecule has 6 nitrogen and oxygen atoms in total. The molecule has 0 unspecified atom stereocenters. The van der Waals surface area contributed by atoms with Crippen molar-refractivity contribution in [1.29, 1.82) is 0 Å². The number of carbonyl (C=O) groups excluding carboxylic acids is 1. The Labute approximate surface area is 112 Å². The van der Waals surface area contributed by atoms with Crippen molar-refractivity contribution in [3.8, 4) is 0 Å². The fraction of sp³-hybridized carbons (Fsp3) is 0.417. The van der Waals surface area contributed by atoms with Gasteiger partial charge in [-0.25, -0.2) is 8.42 Å². The second kappa shape index (κ2) is 6.53. The molecule has 1 aromatic carbocycles. The normalized spacial score (nSPS) is 11.3.